The molecular weight excluding hydrogens is 292 g/mol. The number of ketones is 1. The van der Waals surface area contributed by atoms with Crippen molar-refractivity contribution in [2.75, 3.05) is 11.5 Å². The average Bonchev–Trinajstić information content (AvgIpc) is 2.75. The molecule has 6 nitrogen and oxygen atoms in total. The van der Waals surface area contributed by atoms with Crippen LogP contribution in [0, 0.1) is 13.8 Å². The lowest BCUT2D eigenvalue weighted by atomic mass is 10.0. The maximum atomic E-state index is 12.5. The van der Waals surface area contributed by atoms with Gasteiger partial charge in [-0.25, -0.2) is 8.42 Å². The van der Waals surface area contributed by atoms with Crippen molar-refractivity contribution >= 4 is 21.5 Å². The fourth-order valence-corrected chi connectivity index (χ4v) is 4.98. The van der Waals surface area contributed by atoms with Gasteiger partial charge in [-0.05, 0) is 32.8 Å². The van der Waals surface area contributed by atoms with Crippen LogP contribution in [0.15, 0.2) is 0 Å². The van der Waals surface area contributed by atoms with Crippen molar-refractivity contribution in [1.82, 2.24) is 10.3 Å². The predicted molar refractivity (Wildman–Crippen MR) is 79.4 cm³/mol. The number of sulfone groups is 1. The molecule has 0 radical (unpaired) electrons. The minimum absolute atomic E-state index is 0.0478. The van der Waals surface area contributed by atoms with Gasteiger partial charge in [0.05, 0.1) is 28.3 Å². The molecule has 0 aliphatic carbocycles. The summed E-state index contributed by atoms with van der Waals surface area (Å²) in [7, 11) is -3.09. The number of nitrogens with one attached hydrogen (secondary N) is 2. The number of hydrogen-bond acceptors (Lipinski definition) is 4. The van der Waals surface area contributed by atoms with Gasteiger partial charge >= 0.3 is 0 Å². The first-order valence-electron chi connectivity index (χ1n) is 6.78. The minimum Gasteiger partial charge on any atom is -0.355 e. The highest BCUT2D eigenvalue weighted by Crippen LogP contribution is 2.25. The van der Waals surface area contributed by atoms with E-state index in [0.717, 1.165) is 0 Å². The lowest BCUT2D eigenvalue weighted by Gasteiger charge is -2.24. The summed E-state index contributed by atoms with van der Waals surface area (Å²) in [5, 5.41) is 2.81. The van der Waals surface area contributed by atoms with Gasteiger partial charge in [0, 0.05) is 12.6 Å². The average molecular weight is 312 g/mol. The van der Waals surface area contributed by atoms with Crippen LogP contribution in [-0.2, 0) is 9.84 Å². The molecule has 1 amide bonds. The maximum Gasteiger partial charge on any atom is 0.253 e. The number of hydrogen-bond donors (Lipinski definition) is 2. The van der Waals surface area contributed by atoms with Crippen LogP contribution in [0.25, 0.3) is 0 Å². The zero-order valence-corrected chi connectivity index (χ0v) is 13.5. The Morgan fingerprint density at radius 2 is 1.90 bits per heavy atom. The number of aromatic nitrogens is 1. The molecule has 1 atom stereocenters. The number of amides is 1. The lowest BCUT2D eigenvalue weighted by molar-refractivity contribution is 0.0914. The summed E-state index contributed by atoms with van der Waals surface area (Å²) in [5.74, 6) is -0.431. The Balaban J connectivity index is 2.28. The molecule has 1 aromatic rings. The van der Waals surface area contributed by atoms with E-state index in [1.165, 1.54) is 6.92 Å². The minimum atomic E-state index is -3.09. The fourth-order valence-electron chi connectivity index (χ4n) is 2.89. The molecule has 0 aromatic carbocycles. The highest BCUT2D eigenvalue weighted by atomic mass is 32.2. The Labute approximate surface area is 124 Å². The molecule has 1 aliphatic heterocycles. The predicted octanol–water partition coefficient (Wildman–Crippen LogP) is 1.14. The number of Topliss-reactive ketones (excluding diaryl/α,β-unsaturated/α-hetero) is 1. The molecule has 1 unspecified atom stereocenters. The maximum absolute atomic E-state index is 12.5. The van der Waals surface area contributed by atoms with Crippen molar-refractivity contribution in [3.63, 3.8) is 0 Å². The second-order valence-corrected chi connectivity index (χ2v) is 8.22. The van der Waals surface area contributed by atoms with Crippen molar-refractivity contribution in [2.45, 2.75) is 39.7 Å². The SMILES string of the molecule is CC(=O)c1[nH]c(C)c(C(=O)NC2(C)CCS(=O)(=O)C2)c1C. The molecule has 1 fully saturated rings. The molecule has 0 saturated carbocycles. The monoisotopic (exact) mass is 312 g/mol. The molecule has 2 heterocycles. The summed E-state index contributed by atoms with van der Waals surface area (Å²) >= 11 is 0. The molecule has 21 heavy (non-hydrogen) atoms. The summed E-state index contributed by atoms with van der Waals surface area (Å²) in [4.78, 5) is 26.9. The third-order valence-electron chi connectivity index (χ3n) is 3.94. The second-order valence-electron chi connectivity index (χ2n) is 6.04. The van der Waals surface area contributed by atoms with Crippen LogP contribution in [0.1, 0.15) is 52.4 Å². The molecule has 1 aromatic heterocycles. The first kappa shape index (κ1) is 15.8. The number of aryl methyl sites for hydroxylation is 1. The Hall–Kier alpha value is -1.63. The number of carbonyl (C=O) groups excluding carboxylic acids is 2. The van der Waals surface area contributed by atoms with Crippen molar-refractivity contribution in [3.05, 3.63) is 22.5 Å². The van der Waals surface area contributed by atoms with E-state index in [1.807, 2.05) is 0 Å². The van der Waals surface area contributed by atoms with Crippen LogP contribution in [0.3, 0.4) is 0 Å². The highest BCUT2D eigenvalue weighted by Gasteiger charge is 2.40. The van der Waals surface area contributed by atoms with Crippen molar-refractivity contribution < 1.29 is 18.0 Å². The molecule has 1 saturated heterocycles. The van der Waals surface area contributed by atoms with Gasteiger partial charge in [0.1, 0.15) is 0 Å². The van der Waals surface area contributed by atoms with Gasteiger partial charge in [0.15, 0.2) is 15.6 Å². The highest BCUT2D eigenvalue weighted by molar-refractivity contribution is 7.91. The van der Waals surface area contributed by atoms with E-state index in [2.05, 4.69) is 10.3 Å². The van der Waals surface area contributed by atoms with Gasteiger partial charge in [0.25, 0.3) is 5.91 Å². The zero-order valence-electron chi connectivity index (χ0n) is 12.7. The van der Waals surface area contributed by atoms with E-state index < -0.39 is 15.4 Å². The van der Waals surface area contributed by atoms with Crippen LogP contribution >= 0.6 is 0 Å². The van der Waals surface area contributed by atoms with E-state index in [4.69, 9.17) is 0 Å². The van der Waals surface area contributed by atoms with Gasteiger partial charge in [-0.3, -0.25) is 9.59 Å². The van der Waals surface area contributed by atoms with Crippen LogP contribution < -0.4 is 5.32 Å². The summed E-state index contributed by atoms with van der Waals surface area (Å²) in [6, 6.07) is 0. The number of carbonyl (C=O) groups is 2. The first-order chi connectivity index (χ1) is 9.55. The number of aromatic amines is 1. The number of rotatable bonds is 3. The topological polar surface area (TPSA) is 96.1 Å². The molecule has 1 aliphatic rings. The molecule has 116 valence electrons. The van der Waals surface area contributed by atoms with Crippen LogP contribution in [0.2, 0.25) is 0 Å². The molecule has 0 bridgehead atoms. The van der Waals surface area contributed by atoms with Gasteiger partial charge in [0.2, 0.25) is 0 Å². The van der Waals surface area contributed by atoms with Crippen molar-refractivity contribution in [2.24, 2.45) is 0 Å². The Bertz CT molecular complexity index is 718. The van der Waals surface area contributed by atoms with Crippen molar-refractivity contribution in [3.8, 4) is 0 Å². The molecule has 2 N–H and O–H groups in total. The van der Waals surface area contributed by atoms with E-state index in [-0.39, 0.29) is 23.2 Å². The molecular formula is C14H20N2O4S. The Morgan fingerprint density at radius 3 is 2.33 bits per heavy atom. The zero-order chi connectivity index (χ0) is 16.0. The van der Waals surface area contributed by atoms with Crippen LogP contribution in [0.5, 0.6) is 0 Å². The number of H-pyrrole nitrogens is 1. The Kier molecular flexibility index (Phi) is 3.73. The smallest absolute Gasteiger partial charge is 0.253 e. The first-order valence-corrected chi connectivity index (χ1v) is 8.60. The van der Waals surface area contributed by atoms with Gasteiger partial charge in [-0.15, -0.1) is 0 Å². The van der Waals surface area contributed by atoms with Crippen molar-refractivity contribution in [1.29, 1.82) is 0 Å². The molecule has 2 rings (SSSR count). The Morgan fingerprint density at radius 1 is 1.29 bits per heavy atom. The third kappa shape index (κ3) is 3.02. The molecule has 7 heteroatoms. The summed E-state index contributed by atoms with van der Waals surface area (Å²) in [5.41, 5.74) is 1.30. The van der Waals surface area contributed by atoms with Crippen LogP contribution in [-0.4, -0.2) is 42.1 Å². The fraction of sp³-hybridized carbons (Fsp3) is 0.571. The summed E-state index contributed by atoms with van der Waals surface area (Å²) in [6.07, 6.45) is 0.406. The molecule has 0 spiro atoms. The quantitative estimate of drug-likeness (QED) is 0.818. The second kappa shape index (κ2) is 4.98. The standard InChI is InChI=1S/C14H20N2O4S/c1-8-11(9(2)15-12(8)10(3)17)13(18)16-14(4)5-6-21(19,20)7-14/h15H,5-7H2,1-4H3,(H,16,18). The van der Waals surface area contributed by atoms with E-state index in [0.29, 0.717) is 28.9 Å². The third-order valence-corrected chi connectivity index (χ3v) is 5.84. The van der Waals surface area contributed by atoms with Gasteiger partial charge < -0.3 is 10.3 Å². The van der Waals surface area contributed by atoms with Gasteiger partial charge in [-0.1, -0.05) is 0 Å². The lowest BCUT2D eigenvalue weighted by Crippen LogP contribution is -2.47. The largest absolute Gasteiger partial charge is 0.355 e. The summed E-state index contributed by atoms with van der Waals surface area (Å²) < 4.78 is 23.2. The summed E-state index contributed by atoms with van der Waals surface area (Å²) in [6.45, 7) is 6.61. The van der Waals surface area contributed by atoms with E-state index in [9.17, 15) is 18.0 Å². The van der Waals surface area contributed by atoms with E-state index in [1.54, 1.807) is 20.8 Å². The normalized spacial score (nSPS) is 24.0. The van der Waals surface area contributed by atoms with Crippen LogP contribution in [0.4, 0.5) is 0 Å². The van der Waals surface area contributed by atoms with Gasteiger partial charge in [-0.2, -0.15) is 0 Å². The van der Waals surface area contributed by atoms with E-state index >= 15 is 0 Å².